The van der Waals surface area contributed by atoms with Crippen LogP contribution in [0.4, 0.5) is 4.79 Å². The van der Waals surface area contributed by atoms with Gasteiger partial charge in [0.05, 0.1) is 11.4 Å². The monoisotopic (exact) mass is 355 g/mol. The third kappa shape index (κ3) is 5.33. The van der Waals surface area contributed by atoms with E-state index >= 15 is 0 Å². The lowest BCUT2D eigenvalue weighted by Gasteiger charge is -2.28. The summed E-state index contributed by atoms with van der Waals surface area (Å²) in [6.45, 7) is 9.45. The average molecular weight is 355 g/mol. The maximum atomic E-state index is 12.8. The van der Waals surface area contributed by atoms with Crippen molar-refractivity contribution in [3.8, 4) is 0 Å². The number of hydrogen-bond acceptors (Lipinski definition) is 5. The number of amides is 1. The molecule has 0 saturated heterocycles. The number of aryl methyl sites for hydroxylation is 1. The molecule has 0 saturated carbocycles. The third-order valence-corrected chi connectivity index (χ3v) is 5.09. The van der Waals surface area contributed by atoms with E-state index in [0.717, 1.165) is 5.56 Å². The maximum Gasteiger partial charge on any atom is 0.424 e. The highest BCUT2D eigenvalue weighted by atomic mass is 32.2. The predicted molar refractivity (Wildman–Crippen MR) is 91.1 cm³/mol. The quantitative estimate of drug-likeness (QED) is 0.810. The molecule has 0 radical (unpaired) electrons. The van der Waals surface area contributed by atoms with Crippen LogP contribution in [-0.2, 0) is 19.6 Å². The second kappa shape index (κ2) is 7.34. The number of carbonyl (C=O) groups is 2. The van der Waals surface area contributed by atoms with E-state index in [9.17, 15) is 18.0 Å². The van der Waals surface area contributed by atoms with Crippen LogP contribution in [0.25, 0.3) is 0 Å². The molecule has 0 fully saturated rings. The first kappa shape index (κ1) is 20.2. The Bertz CT molecular complexity index is 701. The van der Waals surface area contributed by atoms with Gasteiger partial charge in [0, 0.05) is 5.92 Å². The van der Waals surface area contributed by atoms with E-state index in [-0.39, 0.29) is 17.2 Å². The Morgan fingerprint density at radius 2 is 1.67 bits per heavy atom. The van der Waals surface area contributed by atoms with Crippen LogP contribution in [0, 0.1) is 12.8 Å². The fourth-order valence-corrected chi connectivity index (χ4v) is 3.19. The van der Waals surface area contributed by atoms with Crippen molar-refractivity contribution in [1.82, 2.24) is 4.31 Å². The van der Waals surface area contributed by atoms with E-state index in [1.165, 1.54) is 19.1 Å². The zero-order valence-corrected chi connectivity index (χ0v) is 15.8. The fraction of sp³-hybridized carbons (Fsp3) is 0.529. The van der Waals surface area contributed by atoms with Crippen LogP contribution in [0.2, 0.25) is 0 Å². The summed E-state index contributed by atoms with van der Waals surface area (Å²) >= 11 is 0. The molecule has 1 aromatic carbocycles. The number of hydrogen-bond donors (Lipinski definition) is 0. The summed E-state index contributed by atoms with van der Waals surface area (Å²) in [6, 6.07) is 6.16. The number of ether oxygens (including phenoxy) is 1. The van der Waals surface area contributed by atoms with Gasteiger partial charge < -0.3 is 4.74 Å². The summed E-state index contributed by atoms with van der Waals surface area (Å²) in [6.07, 6.45) is -0.990. The molecule has 0 aliphatic carbocycles. The molecule has 0 aromatic heterocycles. The Kier molecular flexibility index (Phi) is 6.16. The minimum Gasteiger partial charge on any atom is -0.443 e. The average Bonchev–Trinajstić information content (AvgIpc) is 2.42. The van der Waals surface area contributed by atoms with Gasteiger partial charge in [-0.3, -0.25) is 4.79 Å². The van der Waals surface area contributed by atoms with Gasteiger partial charge in [0.15, 0.2) is 0 Å². The van der Waals surface area contributed by atoms with Gasteiger partial charge >= 0.3 is 6.09 Å². The summed E-state index contributed by atoms with van der Waals surface area (Å²) in [5.74, 6) is -0.833. The smallest absolute Gasteiger partial charge is 0.424 e. The van der Waals surface area contributed by atoms with Crippen LogP contribution in [0.15, 0.2) is 29.2 Å². The van der Waals surface area contributed by atoms with Crippen LogP contribution in [0.3, 0.4) is 0 Å². The third-order valence-electron chi connectivity index (χ3n) is 3.34. The van der Waals surface area contributed by atoms with Crippen molar-refractivity contribution in [3.05, 3.63) is 29.8 Å². The number of benzene rings is 1. The highest BCUT2D eigenvalue weighted by molar-refractivity contribution is 7.89. The zero-order valence-electron chi connectivity index (χ0n) is 15.0. The minimum atomic E-state index is -4.11. The van der Waals surface area contributed by atoms with E-state index in [0.29, 0.717) is 4.31 Å². The van der Waals surface area contributed by atoms with Gasteiger partial charge in [-0.25, -0.2) is 13.2 Å². The molecule has 0 N–H and O–H groups in total. The van der Waals surface area contributed by atoms with E-state index in [1.54, 1.807) is 39.8 Å². The van der Waals surface area contributed by atoms with Crippen LogP contribution in [0.5, 0.6) is 0 Å². The Hall–Kier alpha value is -1.89. The van der Waals surface area contributed by atoms with Crippen LogP contribution < -0.4 is 0 Å². The molecular weight excluding hydrogens is 330 g/mol. The molecule has 0 unspecified atom stereocenters. The van der Waals surface area contributed by atoms with E-state index < -0.39 is 27.6 Å². The normalized spacial score (nSPS) is 13.2. The van der Waals surface area contributed by atoms with Crippen molar-refractivity contribution in [2.45, 2.75) is 52.0 Å². The lowest BCUT2D eigenvalue weighted by molar-refractivity contribution is -0.120. The number of ketones is 1. The van der Waals surface area contributed by atoms with Crippen molar-refractivity contribution in [3.63, 3.8) is 0 Å². The Labute approximate surface area is 143 Å². The lowest BCUT2D eigenvalue weighted by atomic mass is 10.1. The number of sulfonamides is 1. The summed E-state index contributed by atoms with van der Waals surface area (Å²) in [4.78, 5) is 23.9. The largest absolute Gasteiger partial charge is 0.443 e. The van der Waals surface area contributed by atoms with E-state index in [1.807, 2.05) is 6.92 Å². The Morgan fingerprint density at radius 3 is 2.08 bits per heavy atom. The summed E-state index contributed by atoms with van der Waals surface area (Å²) in [5.41, 5.74) is 0.0484. The maximum absolute atomic E-state index is 12.8. The van der Waals surface area contributed by atoms with Gasteiger partial charge in [-0.15, -0.1) is 0 Å². The molecule has 0 aliphatic heterocycles. The predicted octanol–water partition coefficient (Wildman–Crippen LogP) is 3.15. The van der Waals surface area contributed by atoms with Gasteiger partial charge in [-0.2, -0.15) is 4.31 Å². The summed E-state index contributed by atoms with van der Waals surface area (Å²) in [5, 5.41) is 0. The molecule has 1 amide bonds. The van der Waals surface area contributed by atoms with Gasteiger partial charge in [0.2, 0.25) is 0 Å². The molecule has 134 valence electrons. The van der Waals surface area contributed by atoms with Crippen molar-refractivity contribution < 1.29 is 22.7 Å². The summed E-state index contributed by atoms with van der Waals surface area (Å²) in [7, 11) is -4.11. The van der Waals surface area contributed by atoms with Crippen molar-refractivity contribution in [1.29, 1.82) is 0 Å². The summed E-state index contributed by atoms with van der Waals surface area (Å²) < 4.78 is 31.5. The van der Waals surface area contributed by atoms with E-state index in [2.05, 4.69) is 0 Å². The molecule has 0 heterocycles. The molecule has 0 bridgehead atoms. The minimum absolute atomic E-state index is 0.0188. The molecule has 7 heteroatoms. The molecule has 0 spiro atoms. The van der Waals surface area contributed by atoms with Crippen molar-refractivity contribution in [2.75, 3.05) is 6.54 Å². The van der Waals surface area contributed by atoms with Crippen molar-refractivity contribution >= 4 is 21.9 Å². The molecular formula is C17H25NO5S. The molecule has 1 aromatic rings. The van der Waals surface area contributed by atoms with Gasteiger partial charge in [-0.05, 0) is 46.8 Å². The highest BCUT2D eigenvalue weighted by Gasteiger charge is 2.34. The van der Waals surface area contributed by atoms with Crippen molar-refractivity contribution in [2.24, 2.45) is 5.92 Å². The van der Waals surface area contributed by atoms with Crippen LogP contribution in [-0.4, -0.2) is 36.7 Å². The Balaban J connectivity index is 3.27. The fourth-order valence-electron chi connectivity index (χ4n) is 1.80. The van der Waals surface area contributed by atoms with Crippen LogP contribution in [0.1, 0.15) is 40.2 Å². The SMILES string of the molecule is CC(=O)[C@H](C)CN(C(=O)OC(C)(C)C)S(=O)(=O)c1ccc(C)cc1. The highest BCUT2D eigenvalue weighted by Crippen LogP contribution is 2.21. The standard InChI is InChI=1S/C17H25NO5S/c1-12-7-9-15(10-8-12)24(21,22)18(11-13(2)14(3)19)16(20)23-17(4,5)6/h7-10,13H,11H2,1-6H3/t13-/m1/s1. The van der Waals surface area contributed by atoms with Gasteiger partial charge in [-0.1, -0.05) is 24.6 Å². The molecule has 6 nitrogen and oxygen atoms in total. The second-order valence-corrected chi connectivity index (χ2v) is 8.70. The number of nitrogens with zero attached hydrogens (tertiary/aromatic N) is 1. The van der Waals surface area contributed by atoms with Crippen LogP contribution >= 0.6 is 0 Å². The zero-order chi connectivity index (χ0) is 18.7. The number of carbonyl (C=O) groups excluding carboxylic acids is 2. The topological polar surface area (TPSA) is 80.8 Å². The van der Waals surface area contributed by atoms with Gasteiger partial charge in [0.1, 0.15) is 11.4 Å². The van der Waals surface area contributed by atoms with Gasteiger partial charge in [0.25, 0.3) is 10.0 Å². The first-order chi connectivity index (χ1) is 10.8. The number of Topliss-reactive ketones (excluding diaryl/α,β-unsaturated/α-hetero) is 1. The number of rotatable bonds is 5. The molecule has 1 atom stereocenters. The molecule has 1 rings (SSSR count). The van der Waals surface area contributed by atoms with E-state index in [4.69, 9.17) is 4.74 Å². The second-order valence-electron chi connectivity index (χ2n) is 6.84. The molecule has 0 aliphatic rings. The first-order valence-corrected chi connectivity index (χ1v) is 9.11. The Morgan fingerprint density at radius 1 is 1.17 bits per heavy atom. The first-order valence-electron chi connectivity index (χ1n) is 7.67. The molecule has 24 heavy (non-hydrogen) atoms. The lowest BCUT2D eigenvalue weighted by Crippen LogP contribution is -2.43.